The molecule has 24 heavy (non-hydrogen) atoms. The number of nitrogens with one attached hydrogen (secondary N) is 1. The minimum Gasteiger partial charge on any atom is -0.496 e. The zero-order chi connectivity index (χ0) is 17.5. The van der Waals surface area contributed by atoms with Gasteiger partial charge in [0.2, 0.25) is 5.91 Å². The second kappa shape index (κ2) is 9.00. The van der Waals surface area contributed by atoms with Crippen molar-refractivity contribution in [1.82, 2.24) is 5.32 Å². The number of amides is 1. The van der Waals surface area contributed by atoms with Gasteiger partial charge in [0.05, 0.1) is 18.9 Å². The largest absolute Gasteiger partial charge is 0.496 e. The number of rotatable bonds is 7. The van der Waals surface area contributed by atoms with Crippen LogP contribution < -0.4 is 10.1 Å². The molecule has 0 aliphatic rings. The molecule has 0 aromatic heterocycles. The van der Waals surface area contributed by atoms with Gasteiger partial charge in [-0.3, -0.25) is 4.79 Å². The number of benzene rings is 2. The van der Waals surface area contributed by atoms with Gasteiger partial charge in [0.1, 0.15) is 5.75 Å². The van der Waals surface area contributed by atoms with Gasteiger partial charge in [-0.2, -0.15) is 0 Å². The molecule has 1 atom stereocenters. The molecule has 0 radical (unpaired) electrons. The second-order valence-corrected chi connectivity index (χ2v) is 6.99. The Hall–Kier alpha value is -1.65. The number of carbonyl (C=O) groups excluding carboxylic acids is 1. The van der Waals surface area contributed by atoms with Gasteiger partial charge in [-0.05, 0) is 54.8 Å². The Bertz CT molecular complexity index is 688. The lowest BCUT2D eigenvalue weighted by Gasteiger charge is -2.19. The fourth-order valence-electron chi connectivity index (χ4n) is 2.46. The molecule has 2 aromatic carbocycles. The molecule has 3 nitrogen and oxygen atoms in total. The lowest BCUT2D eigenvalue weighted by atomic mass is 10.0. The molecule has 0 saturated carbocycles. The van der Waals surface area contributed by atoms with Crippen LogP contribution in [0.4, 0.5) is 0 Å². The average molecular weight is 364 g/mol. The van der Waals surface area contributed by atoms with Crippen LogP contribution in [-0.4, -0.2) is 18.8 Å². The highest BCUT2D eigenvalue weighted by atomic mass is 35.5. The highest BCUT2D eigenvalue weighted by molar-refractivity contribution is 8.00. The third kappa shape index (κ3) is 5.18. The lowest BCUT2D eigenvalue weighted by Crippen LogP contribution is -2.29. The molecule has 1 unspecified atom stereocenters. The normalized spacial score (nSPS) is 11.8. The highest BCUT2D eigenvalue weighted by Gasteiger charge is 2.14. The molecule has 0 fully saturated rings. The maximum atomic E-state index is 12.3. The summed E-state index contributed by atoms with van der Waals surface area (Å²) in [5.41, 5.74) is 2.17. The van der Waals surface area contributed by atoms with Crippen molar-refractivity contribution in [3.63, 3.8) is 0 Å². The van der Waals surface area contributed by atoms with E-state index >= 15 is 0 Å². The van der Waals surface area contributed by atoms with Gasteiger partial charge in [-0.25, -0.2) is 0 Å². The molecule has 0 spiro atoms. The maximum Gasteiger partial charge on any atom is 0.230 e. The molecular formula is C19H22ClNO2S. The van der Waals surface area contributed by atoms with Gasteiger partial charge < -0.3 is 10.1 Å². The predicted octanol–water partition coefficient (Wildman–Crippen LogP) is 5.02. The summed E-state index contributed by atoms with van der Waals surface area (Å²) in [6.45, 7) is 4.07. The van der Waals surface area contributed by atoms with Crippen LogP contribution in [0.25, 0.3) is 0 Å². The van der Waals surface area contributed by atoms with Gasteiger partial charge in [-0.15, -0.1) is 11.8 Å². The number of hydrogen-bond donors (Lipinski definition) is 1. The van der Waals surface area contributed by atoms with Gasteiger partial charge in [0.25, 0.3) is 0 Å². The van der Waals surface area contributed by atoms with Crippen molar-refractivity contribution in [2.24, 2.45) is 0 Å². The lowest BCUT2D eigenvalue weighted by molar-refractivity contribution is -0.119. The van der Waals surface area contributed by atoms with Gasteiger partial charge in [0, 0.05) is 9.92 Å². The number of thioether (sulfide) groups is 1. The van der Waals surface area contributed by atoms with E-state index in [1.807, 2.05) is 43.3 Å². The first-order valence-electron chi connectivity index (χ1n) is 7.85. The van der Waals surface area contributed by atoms with Gasteiger partial charge in [0.15, 0.2) is 0 Å². The van der Waals surface area contributed by atoms with E-state index in [1.54, 1.807) is 7.11 Å². The fraction of sp³-hybridized carbons (Fsp3) is 0.316. The first-order chi connectivity index (χ1) is 11.5. The Morgan fingerprint density at radius 1 is 1.25 bits per heavy atom. The van der Waals surface area contributed by atoms with Crippen molar-refractivity contribution in [2.75, 3.05) is 12.9 Å². The molecular weight excluding hydrogens is 342 g/mol. The number of methoxy groups -OCH3 is 1. The third-order valence-corrected chi connectivity index (χ3v) is 5.01. The van der Waals surface area contributed by atoms with Crippen molar-refractivity contribution in [3.8, 4) is 5.75 Å². The van der Waals surface area contributed by atoms with Crippen LogP contribution in [0.2, 0.25) is 5.02 Å². The Morgan fingerprint density at radius 2 is 1.96 bits per heavy atom. The topological polar surface area (TPSA) is 38.3 Å². The van der Waals surface area contributed by atoms with Crippen LogP contribution in [-0.2, 0) is 4.79 Å². The highest BCUT2D eigenvalue weighted by Crippen LogP contribution is 2.25. The van der Waals surface area contributed by atoms with E-state index in [0.29, 0.717) is 10.8 Å². The van der Waals surface area contributed by atoms with Crippen LogP contribution in [0.15, 0.2) is 47.4 Å². The maximum absolute atomic E-state index is 12.3. The molecule has 1 amide bonds. The second-order valence-electron chi connectivity index (χ2n) is 5.50. The van der Waals surface area contributed by atoms with Crippen molar-refractivity contribution < 1.29 is 9.53 Å². The number of halogens is 1. The molecule has 0 aliphatic heterocycles. The van der Waals surface area contributed by atoms with E-state index < -0.39 is 0 Å². The van der Waals surface area contributed by atoms with E-state index in [4.69, 9.17) is 16.3 Å². The first-order valence-corrected chi connectivity index (χ1v) is 9.22. The quantitative estimate of drug-likeness (QED) is 0.702. The fourth-order valence-corrected chi connectivity index (χ4v) is 3.29. The van der Waals surface area contributed by atoms with Crippen LogP contribution >= 0.6 is 23.4 Å². The number of aryl methyl sites for hydroxylation is 1. The summed E-state index contributed by atoms with van der Waals surface area (Å²) in [5, 5.41) is 3.80. The molecule has 0 aliphatic carbocycles. The molecule has 0 heterocycles. The van der Waals surface area contributed by atoms with E-state index in [-0.39, 0.29) is 11.9 Å². The number of ether oxygens (including phenoxy) is 1. The monoisotopic (exact) mass is 363 g/mol. The molecule has 1 N–H and O–H groups in total. The van der Waals surface area contributed by atoms with E-state index in [0.717, 1.165) is 28.2 Å². The zero-order valence-electron chi connectivity index (χ0n) is 14.1. The van der Waals surface area contributed by atoms with Crippen molar-refractivity contribution in [2.45, 2.75) is 31.2 Å². The summed E-state index contributed by atoms with van der Waals surface area (Å²) in [7, 11) is 1.66. The van der Waals surface area contributed by atoms with Crippen molar-refractivity contribution >= 4 is 29.3 Å². The van der Waals surface area contributed by atoms with E-state index in [1.165, 1.54) is 11.8 Å². The number of hydrogen-bond acceptors (Lipinski definition) is 3. The SMILES string of the molecule is CCC(NC(=O)CSc1ccc(Cl)cc1)c1ccc(OC)c(C)c1. The van der Waals surface area contributed by atoms with Crippen molar-refractivity contribution in [3.05, 3.63) is 58.6 Å². The third-order valence-electron chi connectivity index (χ3n) is 3.75. The average Bonchev–Trinajstić information content (AvgIpc) is 2.59. The summed E-state index contributed by atoms with van der Waals surface area (Å²) in [6, 6.07) is 13.5. The zero-order valence-corrected chi connectivity index (χ0v) is 15.7. The van der Waals surface area contributed by atoms with Crippen LogP contribution in [0.5, 0.6) is 5.75 Å². The summed E-state index contributed by atoms with van der Waals surface area (Å²) in [5.74, 6) is 1.27. The Morgan fingerprint density at radius 3 is 2.54 bits per heavy atom. The molecule has 2 aromatic rings. The Balaban J connectivity index is 1.95. The molecule has 5 heteroatoms. The summed E-state index contributed by atoms with van der Waals surface area (Å²) >= 11 is 7.37. The van der Waals surface area contributed by atoms with Crippen molar-refractivity contribution in [1.29, 1.82) is 0 Å². The summed E-state index contributed by atoms with van der Waals surface area (Å²) in [6.07, 6.45) is 0.836. The number of carbonyl (C=O) groups is 1. The Labute approximate surface area is 152 Å². The molecule has 2 rings (SSSR count). The summed E-state index contributed by atoms with van der Waals surface area (Å²) < 4.78 is 5.29. The first kappa shape index (κ1) is 18.7. The van der Waals surface area contributed by atoms with E-state index in [2.05, 4.69) is 18.3 Å². The summed E-state index contributed by atoms with van der Waals surface area (Å²) in [4.78, 5) is 13.3. The van der Waals surface area contributed by atoms with Crippen LogP contribution in [0.1, 0.15) is 30.5 Å². The standard InChI is InChI=1S/C19H22ClNO2S/c1-4-17(14-5-10-18(23-3)13(2)11-14)21-19(22)12-24-16-8-6-15(20)7-9-16/h5-11,17H,4,12H2,1-3H3,(H,21,22). The molecule has 128 valence electrons. The minimum atomic E-state index is 0.00734. The minimum absolute atomic E-state index is 0.00734. The van der Waals surface area contributed by atoms with Crippen LogP contribution in [0.3, 0.4) is 0 Å². The van der Waals surface area contributed by atoms with E-state index in [9.17, 15) is 4.79 Å². The predicted molar refractivity (Wildman–Crippen MR) is 101 cm³/mol. The van der Waals surface area contributed by atoms with Gasteiger partial charge >= 0.3 is 0 Å². The van der Waals surface area contributed by atoms with Gasteiger partial charge in [-0.1, -0.05) is 30.7 Å². The molecule has 0 saturated heterocycles. The smallest absolute Gasteiger partial charge is 0.230 e. The molecule has 0 bridgehead atoms. The Kier molecular flexibility index (Phi) is 7.00. The van der Waals surface area contributed by atoms with Crippen LogP contribution in [0, 0.1) is 6.92 Å².